The molecule has 1 aromatic rings. The summed E-state index contributed by atoms with van der Waals surface area (Å²) < 4.78 is 5.30. The summed E-state index contributed by atoms with van der Waals surface area (Å²) >= 11 is 0. The van der Waals surface area contributed by atoms with E-state index in [0.717, 1.165) is 29.8 Å². The molecule has 1 fully saturated rings. The third-order valence-electron chi connectivity index (χ3n) is 3.27. The fourth-order valence-electron chi connectivity index (χ4n) is 2.19. The van der Waals surface area contributed by atoms with Crippen LogP contribution in [0, 0.1) is 6.92 Å². The van der Waals surface area contributed by atoms with Crippen LogP contribution in [0.2, 0.25) is 0 Å². The van der Waals surface area contributed by atoms with Crippen molar-refractivity contribution < 1.29 is 9.53 Å². The monoisotopic (exact) mass is 262 g/mol. The summed E-state index contributed by atoms with van der Waals surface area (Å²) in [5.41, 5.74) is 2.82. The second-order valence-corrected chi connectivity index (χ2v) is 4.88. The first-order chi connectivity index (χ1) is 9.22. The largest absolute Gasteiger partial charge is 0.384 e. The van der Waals surface area contributed by atoms with Crippen molar-refractivity contribution in [2.24, 2.45) is 0 Å². The van der Waals surface area contributed by atoms with Crippen molar-refractivity contribution in [3.05, 3.63) is 29.3 Å². The molecule has 1 aromatic carbocycles. The van der Waals surface area contributed by atoms with Crippen LogP contribution in [0.25, 0.3) is 0 Å². The maximum absolute atomic E-state index is 12.6. The minimum atomic E-state index is 0.102. The predicted octanol–water partition coefficient (Wildman–Crippen LogP) is 2.29. The molecule has 0 aliphatic carbocycles. The van der Waals surface area contributed by atoms with E-state index in [1.54, 1.807) is 0 Å². The third-order valence-corrected chi connectivity index (χ3v) is 3.27. The van der Waals surface area contributed by atoms with Crippen molar-refractivity contribution in [1.82, 2.24) is 4.90 Å². The number of aryl methyl sites for hydroxylation is 1. The molecule has 1 aliphatic heterocycles. The first kappa shape index (κ1) is 13.9. The number of ether oxygens (including phenoxy) is 1. The Bertz CT molecular complexity index is 440. The normalized spacial score (nSPS) is 15.4. The Morgan fingerprint density at radius 2 is 2.11 bits per heavy atom. The number of nitrogens with one attached hydrogen (secondary N) is 1. The Morgan fingerprint density at radius 1 is 1.37 bits per heavy atom. The summed E-state index contributed by atoms with van der Waals surface area (Å²) in [4.78, 5) is 14.4. The van der Waals surface area contributed by atoms with Crippen LogP contribution in [0.15, 0.2) is 18.2 Å². The Morgan fingerprint density at radius 3 is 2.79 bits per heavy atom. The van der Waals surface area contributed by atoms with Crippen LogP contribution in [0.5, 0.6) is 0 Å². The van der Waals surface area contributed by atoms with Gasteiger partial charge in [-0.2, -0.15) is 0 Å². The lowest BCUT2D eigenvalue weighted by Crippen LogP contribution is -2.41. The van der Waals surface area contributed by atoms with Gasteiger partial charge in [0.1, 0.15) is 0 Å². The lowest BCUT2D eigenvalue weighted by atomic mass is 10.1. The van der Waals surface area contributed by atoms with E-state index in [4.69, 9.17) is 4.74 Å². The summed E-state index contributed by atoms with van der Waals surface area (Å²) in [6.45, 7) is 7.64. The summed E-state index contributed by atoms with van der Waals surface area (Å²) in [5, 5.41) is 3.33. The van der Waals surface area contributed by atoms with Gasteiger partial charge in [0.05, 0.1) is 18.8 Å². The van der Waals surface area contributed by atoms with E-state index in [2.05, 4.69) is 12.2 Å². The van der Waals surface area contributed by atoms with Gasteiger partial charge in [0.2, 0.25) is 0 Å². The molecular formula is C15H22N2O2. The molecule has 104 valence electrons. The molecule has 1 saturated heterocycles. The summed E-state index contributed by atoms with van der Waals surface area (Å²) in [5.74, 6) is 0.102. The molecule has 0 aromatic heterocycles. The third kappa shape index (κ3) is 3.47. The van der Waals surface area contributed by atoms with Gasteiger partial charge >= 0.3 is 0 Å². The standard InChI is InChI=1S/C15H22N2O2/c1-3-6-16-14-5-4-12(2)11-13(14)15(18)17-7-9-19-10-8-17/h4-5,11,16H,3,6-10H2,1-2H3. The first-order valence-electron chi connectivity index (χ1n) is 6.94. The molecule has 1 amide bonds. The quantitative estimate of drug-likeness (QED) is 0.905. The van der Waals surface area contributed by atoms with Gasteiger partial charge in [-0.05, 0) is 25.5 Å². The molecule has 0 spiro atoms. The minimum absolute atomic E-state index is 0.102. The predicted molar refractivity (Wildman–Crippen MR) is 76.7 cm³/mol. The smallest absolute Gasteiger partial charge is 0.256 e. The summed E-state index contributed by atoms with van der Waals surface area (Å²) in [7, 11) is 0. The number of rotatable bonds is 4. The van der Waals surface area contributed by atoms with Crippen molar-refractivity contribution in [2.45, 2.75) is 20.3 Å². The number of hydrogen-bond acceptors (Lipinski definition) is 3. The number of nitrogens with zero attached hydrogens (tertiary/aromatic N) is 1. The molecule has 2 rings (SSSR count). The van der Waals surface area contributed by atoms with E-state index in [1.165, 1.54) is 0 Å². The van der Waals surface area contributed by atoms with Gasteiger partial charge in [-0.3, -0.25) is 4.79 Å². The molecule has 4 heteroatoms. The van der Waals surface area contributed by atoms with Crippen LogP contribution in [0.3, 0.4) is 0 Å². The number of carbonyl (C=O) groups excluding carboxylic acids is 1. The highest BCUT2D eigenvalue weighted by Gasteiger charge is 2.21. The highest BCUT2D eigenvalue weighted by molar-refractivity contribution is 5.99. The maximum atomic E-state index is 12.6. The molecule has 0 atom stereocenters. The van der Waals surface area contributed by atoms with Crippen LogP contribution in [-0.2, 0) is 4.74 Å². The minimum Gasteiger partial charge on any atom is -0.384 e. The summed E-state index contributed by atoms with van der Waals surface area (Å²) in [6, 6.07) is 6.00. The number of anilines is 1. The van der Waals surface area contributed by atoms with Crippen LogP contribution in [0.1, 0.15) is 29.3 Å². The van der Waals surface area contributed by atoms with Crippen molar-refractivity contribution in [3.63, 3.8) is 0 Å². The van der Waals surface area contributed by atoms with Gasteiger partial charge in [-0.1, -0.05) is 18.6 Å². The zero-order chi connectivity index (χ0) is 13.7. The van der Waals surface area contributed by atoms with Crippen LogP contribution < -0.4 is 5.32 Å². The lowest BCUT2D eigenvalue weighted by Gasteiger charge is -2.27. The fraction of sp³-hybridized carbons (Fsp3) is 0.533. The molecular weight excluding hydrogens is 240 g/mol. The Hall–Kier alpha value is -1.55. The number of hydrogen-bond donors (Lipinski definition) is 1. The SMILES string of the molecule is CCCNc1ccc(C)cc1C(=O)N1CCOCC1. The highest BCUT2D eigenvalue weighted by Crippen LogP contribution is 2.20. The maximum Gasteiger partial charge on any atom is 0.256 e. The fourth-order valence-corrected chi connectivity index (χ4v) is 2.19. The van der Waals surface area contributed by atoms with Crippen molar-refractivity contribution in [1.29, 1.82) is 0 Å². The van der Waals surface area contributed by atoms with Gasteiger partial charge < -0.3 is 15.0 Å². The molecule has 19 heavy (non-hydrogen) atoms. The van der Waals surface area contributed by atoms with Gasteiger partial charge in [0.15, 0.2) is 0 Å². The number of amides is 1. The zero-order valence-corrected chi connectivity index (χ0v) is 11.7. The lowest BCUT2D eigenvalue weighted by molar-refractivity contribution is 0.0303. The summed E-state index contributed by atoms with van der Waals surface area (Å²) in [6.07, 6.45) is 1.04. The zero-order valence-electron chi connectivity index (χ0n) is 11.7. The molecule has 1 N–H and O–H groups in total. The Balaban J connectivity index is 2.20. The van der Waals surface area contributed by atoms with Crippen LogP contribution in [-0.4, -0.2) is 43.7 Å². The van der Waals surface area contributed by atoms with E-state index in [1.807, 2.05) is 30.0 Å². The topological polar surface area (TPSA) is 41.6 Å². The second-order valence-electron chi connectivity index (χ2n) is 4.88. The Labute approximate surface area is 114 Å². The molecule has 1 aliphatic rings. The van der Waals surface area contributed by atoms with E-state index in [0.29, 0.717) is 26.3 Å². The van der Waals surface area contributed by atoms with E-state index in [-0.39, 0.29) is 5.91 Å². The average Bonchev–Trinajstić information content (AvgIpc) is 2.46. The van der Waals surface area contributed by atoms with E-state index < -0.39 is 0 Å². The van der Waals surface area contributed by atoms with Gasteiger partial charge in [0.25, 0.3) is 5.91 Å². The molecule has 1 heterocycles. The van der Waals surface area contributed by atoms with Gasteiger partial charge in [0, 0.05) is 25.3 Å². The van der Waals surface area contributed by atoms with Gasteiger partial charge in [-0.15, -0.1) is 0 Å². The van der Waals surface area contributed by atoms with Crippen molar-refractivity contribution >= 4 is 11.6 Å². The second kappa shape index (κ2) is 6.57. The molecule has 0 unspecified atom stereocenters. The first-order valence-corrected chi connectivity index (χ1v) is 6.94. The molecule has 4 nitrogen and oxygen atoms in total. The van der Waals surface area contributed by atoms with E-state index >= 15 is 0 Å². The number of benzene rings is 1. The van der Waals surface area contributed by atoms with Gasteiger partial charge in [-0.25, -0.2) is 0 Å². The molecule has 0 saturated carbocycles. The molecule has 0 radical (unpaired) electrons. The number of carbonyl (C=O) groups is 1. The van der Waals surface area contributed by atoms with E-state index in [9.17, 15) is 4.79 Å². The average molecular weight is 262 g/mol. The van der Waals surface area contributed by atoms with Crippen LogP contribution in [0.4, 0.5) is 5.69 Å². The molecule has 0 bridgehead atoms. The highest BCUT2D eigenvalue weighted by atomic mass is 16.5. The Kier molecular flexibility index (Phi) is 4.80. The van der Waals surface area contributed by atoms with Crippen LogP contribution >= 0.6 is 0 Å². The van der Waals surface area contributed by atoms with Crippen molar-refractivity contribution in [3.8, 4) is 0 Å². The number of morpholine rings is 1. The van der Waals surface area contributed by atoms with Crippen molar-refractivity contribution in [2.75, 3.05) is 38.2 Å².